The van der Waals surface area contributed by atoms with E-state index in [4.69, 9.17) is 0 Å². The van der Waals surface area contributed by atoms with E-state index in [9.17, 15) is 5.26 Å². The Kier molecular flexibility index (Phi) is 3.10. The molecule has 0 radical (unpaired) electrons. The second kappa shape index (κ2) is 5.39. The Hall–Kier alpha value is -3.45. The van der Waals surface area contributed by atoms with Crippen LogP contribution in [0.3, 0.4) is 0 Å². The van der Waals surface area contributed by atoms with E-state index in [2.05, 4.69) is 21.3 Å². The second-order valence-corrected chi connectivity index (χ2v) is 5.21. The number of rotatable bonds is 2. The summed E-state index contributed by atoms with van der Waals surface area (Å²) in [6, 6.07) is 18.0. The molecule has 0 saturated heterocycles. The van der Waals surface area contributed by atoms with Gasteiger partial charge in [-0.05, 0) is 23.1 Å². The number of nitrogens with zero attached hydrogens (tertiary/aromatic N) is 3. The first kappa shape index (κ1) is 13.2. The normalized spacial score (nSPS) is 11.7. The monoisotopic (exact) mass is 296 g/mol. The molecule has 0 spiro atoms. The van der Waals surface area contributed by atoms with Crippen LogP contribution in [0.5, 0.6) is 0 Å². The van der Waals surface area contributed by atoms with Gasteiger partial charge in [0.1, 0.15) is 5.69 Å². The number of fused-ring (bicyclic) bond motifs is 2. The molecular weight excluding hydrogens is 284 g/mol. The van der Waals surface area contributed by atoms with Gasteiger partial charge in [-0.2, -0.15) is 10.4 Å². The molecule has 1 N–H and O–H groups in total. The van der Waals surface area contributed by atoms with Gasteiger partial charge in [0.05, 0.1) is 11.6 Å². The average Bonchev–Trinajstić information content (AvgIpc) is 3.03. The van der Waals surface area contributed by atoms with Crippen molar-refractivity contribution >= 4 is 27.2 Å². The van der Waals surface area contributed by atoms with Crippen LogP contribution in [0, 0.1) is 11.3 Å². The van der Waals surface area contributed by atoms with E-state index < -0.39 is 0 Å². The number of para-hydroxylation sites is 1. The van der Waals surface area contributed by atoms with Crippen molar-refractivity contribution in [3.8, 4) is 6.07 Å². The zero-order chi connectivity index (χ0) is 15.6. The highest BCUT2D eigenvalue weighted by molar-refractivity contribution is 6.02. The Labute approximate surface area is 132 Å². The SMILES string of the molecule is N#C/C=C(/c1cccc2cnccc12)c1n[nH]c2ccccc12. The van der Waals surface area contributed by atoms with Crippen molar-refractivity contribution in [3.63, 3.8) is 0 Å². The van der Waals surface area contributed by atoms with Crippen molar-refractivity contribution in [3.05, 3.63) is 78.3 Å². The molecule has 4 aromatic rings. The molecule has 0 saturated carbocycles. The van der Waals surface area contributed by atoms with Gasteiger partial charge < -0.3 is 0 Å². The third-order valence-electron chi connectivity index (χ3n) is 3.91. The van der Waals surface area contributed by atoms with Gasteiger partial charge >= 0.3 is 0 Å². The zero-order valence-corrected chi connectivity index (χ0v) is 12.2. The summed E-state index contributed by atoms with van der Waals surface area (Å²) in [6.07, 6.45) is 5.14. The largest absolute Gasteiger partial charge is 0.277 e. The fourth-order valence-electron chi connectivity index (χ4n) is 2.86. The number of hydrogen-bond donors (Lipinski definition) is 1. The summed E-state index contributed by atoms with van der Waals surface area (Å²) >= 11 is 0. The molecule has 2 aromatic carbocycles. The number of hydrogen-bond acceptors (Lipinski definition) is 3. The third-order valence-corrected chi connectivity index (χ3v) is 3.91. The molecule has 0 amide bonds. The lowest BCUT2D eigenvalue weighted by Gasteiger charge is -2.08. The number of benzene rings is 2. The van der Waals surface area contributed by atoms with Crippen LogP contribution in [0.25, 0.3) is 27.2 Å². The van der Waals surface area contributed by atoms with Crippen LogP contribution in [-0.4, -0.2) is 15.2 Å². The Morgan fingerprint density at radius 2 is 1.96 bits per heavy atom. The molecule has 0 bridgehead atoms. The molecule has 23 heavy (non-hydrogen) atoms. The summed E-state index contributed by atoms with van der Waals surface area (Å²) in [6.45, 7) is 0. The predicted molar refractivity (Wildman–Crippen MR) is 90.5 cm³/mol. The fraction of sp³-hybridized carbons (Fsp3) is 0. The predicted octanol–water partition coefficient (Wildman–Crippen LogP) is 4.07. The number of pyridine rings is 1. The highest BCUT2D eigenvalue weighted by Crippen LogP contribution is 2.32. The van der Waals surface area contributed by atoms with Crippen molar-refractivity contribution in [2.45, 2.75) is 0 Å². The molecule has 4 heteroatoms. The van der Waals surface area contributed by atoms with Crippen LogP contribution in [0.2, 0.25) is 0 Å². The number of H-pyrrole nitrogens is 1. The van der Waals surface area contributed by atoms with E-state index in [1.165, 1.54) is 0 Å². The Balaban J connectivity index is 2.03. The van der Waals surface area contributed by atoms with Gasteiger partial charge in [-0.25, -0.2) is 0 Å². The van der Waals surface area contributed by atoms with Crippen molar-refractivity contribution in [2.24, 2.45) is 0 Å². The number of aromatic nitrogens is 3. The Bertz CT molecular complexity index is 1080. The maximum Gasteiger partial charge on any atom is 0.101 e. The summed E-state index contributed by atoms with van der Waals surface area (Å²) in [5, 5.41) is 19.8. The summed E-state index contributed by atoms with van der Waals surface area (Å²) < 4.78 is 0. The lowest BCUT2D eigenvalue weighted by atomic mass is 9.95. The fourth-order valence-corrected chi connectivity index (χ4v) is 2.86. The molecule has 0 aliphatic rings. The topological polar surface area (TPSA) is 65.4 Å². The first-order valence-corrected chi connectivity index (χ1v) is 7.25. The summed E-state index contributed by atoms with van der Waals surface area (Å²) in [5.41, 5.74) is 3.52. The van der Waals surface area contributed by atoms with Gasteiger partial charge in [-0.15, -0.1) is 0 Å². The van der Waals surface area contributed by atoms with Crippen molar-refractivity contribution in [2.75, 3.05) is 0 Å². The van der Waals surface area contributed by atoms with Crippen LogP contribution in [0.15, 0.2) is 67.0 Å². The van der Waals surface area contributed by atoms with E-state index in [1.54, 1.807) is 12.3 Å². The lowest BCUT2D eigenvalue weighted by molar-refractivity contribution is 1.10. The summed E-state index contributed by atoms with van der Waals surface area (Å²) in [4.78, 5) is 4.17. The molecule has 108 valence electrons. The van der Waals surface area contributed by atoms with Gasteiger partial charge in [0.25, 0.3) is 0 Å². The summed E-state index contributed by atoms with van der Waals surface area (Å²) in [7, 11) is 0. The smallest absolute Gasteiger partial charge is 0.101 e. The number of nitrogens with one attached hydrogen (secondary N) is 1. The van der Waals surface area contributed by atoms with E-state index >= 15 is 0 Å². The minimum absolute atomic E-state index is 0.784. The number of aromatic amines is 1. The molecule has 4 rings (SSSR count). The van der Waals surface area contributed by atoms with E-state index in [-0.39, 0.29) is 0 Å². The van der Waals surface area contributed by atoms with Crippen LogP contribution >= 0.6 is 0 Å². The van der Waals surface area contributed by atoms with E-state index in [1.807, 2.05) is 54.7 Å². The third kappa shape index (κ3) is 2.16. The Morgan fingerprint density at radius 1 is 1.04 bits per heavy atom. The van der Waals surface area contributed by atoms with Crippen LogP contribution in [0.1, 0.15) is 11.3 Å². The second-order valence-electron chi connectivity index (χ2n) is 5.21. The first-order chi connectivity index (χ1) is 11.4. The molecule has 0 unspecified atom stereocenters. The minimum atomic E-state index is 0.784. The maximum atomic E-state index is 9.26. The molecular formula is C19H12N4. The average molecular weight is 296 g/mol. The Morgan fingerprint density at radius 3 is 2.87 bits per heavy atom. The highest BCUT2D eigenvalue weighted by Gasteiger charge is 2.14. The molecule has 2 aromatic heterocycles. The number of allylic oxidation sites excluding steroid dienone is 1. The molecule has 4 nitrogen and oxygen atoms in total. The van der Waals surface area contributed by atoms with Gasteiger partial charge in [-0.1, -0.05) is 36.4 Å². The van der Waals surface area contributed by atoms with Crippen molar-refractivity contribution in [1.82, 2.24) is 15.2 Å². The minimum Gasteiger partial charge on any atom is -0.277 e. The zero-order valence-electron chi connectivity index (χ0n) is 12.2. The lowest BCUT2D eigenvalue weighted by Crippen LogP contribution is -1.91. The van der Waals surface area contributed by atoms with Crippen molar-refractivity contribution in [1.29, 1.82) is 5.26 Å². The number of nitriles is 1. The van der Waals surface area contributed by atoms with Crippen LogP contribution in [0.4, 0.5) is 0 Å². The molecule has 2 heterocycles. The van der Waals surface area contributed by atoms with Gasteiger partial charge in [0.2, 0.25) is 0 Å². The standard InChI is InChI=1S/C19H12N4/c20-10-8-16(19-17-5-1-2-7-18(17)22-23-19)15-6-3-4-13-12-21-11-9-14(13)15/h1-9,11-12H,(H,22,23)/b16-8-. The molecule has 0 aliphatic carbocycles. The van der Waals surface area contributed by atoms with Gasteiger partial charge in [-0.3, -0.25) is 10.1 Å². The van der Waals surface area contributed by atoms with E-state index in [0.717, 1.165) is 38.5 Å². The summed E-state index contributed by atoms with van der Waals surface area (Å²) in [5.74, 6) is 0. The molecule has 0 fully saturated rings. The first-order valence-electron chi connectivity index (χ1n) is 7.25. The van der Waals surface area contributed by atoms with Gasteiger partial charge in [0, 0.05) is 34.8 Å². The van der Waals surface area contributed by atoms with Crippen LogP contribution < -0.4 is 0 Å². The van der Waals surface area contributed by atoms with E-state index in [0.29, 0.717) is 0 Å². The molecule has 0 atom stereocenters. The quantitative estimate of drug-likeness (QED) is 0.567. The molecule has 0 aliphatic heterocycles. The van der Waals surface area contributed by atoms with Crippen molar-refractivity contribution < 1.29 is 0 Å². The van der Waals surface area contributed by atoms with Gasteiger partial charge in [0.15, 0.2) is 0 Å². The van der Waals surface area contributed by atoms with Crippen LogP contribution in [-0.2, 0) is 0 Å². The maximum absolute atomic E-state index is 9.26. The highest BCUT2D eigenvalue weighted by atomic mass is 15.1.